The second-order valence-electron chi connectivity index (χ2n) is 5.86. The number of piperazine rings is 1. The van der Waals surface area contributed by atoms with E-state index in [1.54, 1.807) is 48.0 Å². The molecule has 9 heteroatoms. The Balaban J connectivity index is 1.61. The van der Waals surface area contributed by atoms with Gasteiger partial charge in [-0.3, -0.25) is 9.78 Å². The molecule has 0 aliphatic carbocycles. The largest absolute Gasteiger partial charge is 0.450 e. The van der Waals surface area contributed by atoms with E-state index in [9.17, 15) is 9.59 Å². The molecule has 2 aromatic rings. The fraction of sp³-hybridized carbons (Fsp3) is 0.412. The van der Waals surface area contributed by atoms with Crippen molar-refractivity contribution in [2.45, 2.75) is 13.8 Å². The van der Waals surface area contributed by atoms with Gasteiger partial charge in [-0.1, -0.05) is 5.16 Å². The van der Waals surface area contributed by atoms with Crippen molar-refractivity contribution in [3.05, 3.63) is 35.9 Å². The second-order valence-corrected chi connectivity index (χ2v) is 5.86. The molecule has 138 valence electrons. The molecule has 1 fully saturated rings. The fourth-order valence-electron chi connectivity index (χ4n) is 2.67. The average molecular weight is 359 g/mol. The van der Waals surface area contributed by atoms with Crippen LogP contribution in [0.25, 0.3) is 0 Å². The molecule has 0 bridgehead atoms. The van der Waals surface area contributed by atoms with Gasteiger partial charge in [0.25, 0.3) is 5.91 Å². The third kappa shape index (κ3) is 4.11. The number of nitrogens with zero attached hydrogens (tertiary/aromatic N) is 4. The van der Waals surface area contributed by atoms with Crippen LogP contribution in [0.1, 0.15) is 23.2 Å². The smallest absolute Gasteiger partial charge is 0.409 e. The lowest BCUT2D eigenvalue weighted by atomic mass is 10.2. The number of hydrogen-bond donors (Lipinski definition) is 1. The summed E-state index contributed by atoms with van der Waals surface area (Å²) in [5, 5.41) is 6.94. The van der Waals surface area contributed by atoms with Gasteiger partial charge in [-0.15, -0.1) is 0 Å². The van der Waals surface area contributed by atoms with Crippen molar-refractivity contribution < 1.29 is 18.8 Å². The lowest BCUT2D eigenvalue weighted by Crippen LogP contribution is -2.50. The summed E-state index contributed by atoms with van der Waals surface area (Å²) >= 11 is 0. The first-order chi connectivity index (χ1) is 12.6. The molecule has 1 aliphatic rings. The molecule has 3 rings (SSSR count). The van der Waals surface area contributed by atoms with Crippen LogP contribution in [0.4, 0.5) is 16.3 Å². The number of amides is 2. The number of aromatic nitrogens is 2. The van der Waals surface area contributed by atoms with Crippen molar-refractivity contribution in [3.8, 4) is 0 Å². The van der Waals surface area contributed by atoms with E-state index in [1.165, 1.54) is 0 Å². The number of ether oxygens (including phenoxy) is 1. The highest BCUT2D eigenvalue weighted by atomic mass is 16.6. The van der Waals surface area contributed by atoms with Crippen molar-refractivity contribution >= 4 is 23.5 Å². The molecule has 0 radical (unpaired) electrons. The van der Waals surface area contributed by atoms with E-state index in [-0.39, 0.29) is 12.0 Å². The molecule has 0 aromatic carbocycles. The number of pyridine rings is 1. The molecule has 3 heterocycles. The molecule has 0 unspecified atom stereocenters. The van der Waals surface area contributed by atoms with Crippen molar-refractivity contribution in [1.82, 2.24) is 19.9 Å². The minimum atomic E-state index is -0.341. The Bertz CT molecular complexity index is 783. The van der Waals surface area contributed by atoms with Crippen LogP contribution in [-0.2, 0) is 4.74 Å². The summed E-state index contributed by atoms with van der Waals surface area (Å²) in [5.74, 6) is 1.08. The molecule has 9 nitrogen and oxygen atoms in total. The first kappa shape index (κ1) is 17.7. The first-order valence-electron chi connectivity index (χ1n) is 8.44. The van der Waals surface area contributed by atoms with E-state index in [4.69, 9.17) is 9.26 Å². The fourth-order valence-corrected chi connectivity index (χ4v) is 2.67. The van der Waals surface area contributed by atoms with Gasteiger partial charge in [0.05, 0.1) is 6.61 Å². The summed E-state index contributed by atoms with van der Waals surface area (Å²) in [6.45, 7) is 5.69. The van der Waals surface area contributed by atoms with E-state index in [0.717, 1.165) is 0 Å². The standard InChI is InChI=1S/C17H21N5O4/c1-3-25-17(24)22-8-6-21(7-9-22)16(23)14-11-13(4-5-18-14)19-15-10-12(2)26-20-15/h4-5,10-11H,3,6-9H2,1-2H3,(H,18,19,20). The summed E-state index contributed by atoms with van der Waals surface area (Å²) in [7, 11) is 0. The van der Waals surface area contributed by atoms with Crippen molar-refractivity contribution in [2.24, 2.45) is 0 Å². The molecule has 1 saturated heterocycles. The number of nitrogens with one attached hydrogen (secondary N) is 1. The highest BCUT2D eigenvalue weighted by Crippen LogP contribution is 2.17. The van der Waals surface area contributed by atoms with Crippen molar-refractivity contribution in [1.29, 1.82) is 0 Å². The topological polar surface area (TPSA) is 101 Å². The maximum Gasteiger partial charge on any atom is 0.409 e. The minimum absolute atomic E-state index is 0.173. The van der Waals surface area contributed by atoms with Gasteiger partial charge in [-0.25, -0.2) is 4.79 Å². The number of carbonyl (C=O) groups excluding carboxylic acids is 2. The Morgan fingerprint density at radius 3 is 2.62 bits per heavy atom. The number of rotatable bonds is 4. The summed E-state index contributed by atoms with van der Waals surface area (Å²) in [4.78, 5) is 31.9. The molecule has 0 atom stereocenters. The van der Waals surface area contributed by atoms with Crippen LogP contribution in [0.5, 0.6) is 0 Å². The van der Waals surface area contributed by atoms with E-state index in [0.29, 0.717) is 55.7 Å². The van der Waals surface area contributed by atoms with E-state index >= 15 is 0 Å². The molecule has 0 spiro atoms. The normalized spacial score (nSPS) is 14.2. The number of anilines is 2. The maximum absolute atomic E-state index is 12.7. The monoisotopic (exact) mass is 359 g/mol. The summed E-state index contributed by atoms with van der Waals surface area (Å²) in [6.07, 6.45) is 1.23. The van der Waals surface area contributed by atoms with Crippen LogP contribution < -0.4 is 5.32 Å². The zero-order chi connectivity index (χ0) is 18.5. The van der Waals surface area contributed by atoms with Gasteiger partial charge >= 0.3 is 6.09 Å². The van der Waals surface area contributed by atoms with E-state index in [2.05, 4.69) is 15.5 Å². The van der Waals surface area contributed by atoms with E-state index in [1.807, 2.05) is 0 Å². The first-order valence-corrected chi connectivity index (χ1v) is 8.44. The Kier molecular flexibility index (Phi) is 5.35. The molecule has 0 saturated carbocycles. The number of aryl methyl sites for hydroxylation is 1. The van der Waals surface area contributed by atoms with Crippen molar-refractivity contribution in [2.75, 3.05) is 38.1 Å². The molecule has 1 aliphatic heterocycles. The van der Waals surface area contributed by atoms with Gasteiger partial charge in [-0.2, -0.15) is 0 Å². The van der Waals surface area contributed by atoms with Crippen LogP contribution in [0, 0.1) is 6.92 Å². The highest BCUT2D eigenvalue weighted by Gasteiger charge is 2.26. The zero-order valence-electron chi connectivity index (χ0n) is 14.8. The van der Waals surface area contributed by atoms with Gasteiger partial charge < -0.3 is 24.4 Å². The molecular weight excluding hydrogens is 338 g/mol. The predicted molar refractivity (Wildman–Crippen MR) is 93.3 cm³/mol. The lowest BCUT2D eigenvalue weighted by molar-refractivity contribution is 0.0566. The van der Waals surface area contributed by atoms with Crippen LogP contribution in [0.15, 0.2) is 28.9 Å². The van der Waals surface area contributed by atoms with Crippen LogP contribution in [0.2, 0.25) is 0 Å². The van der Waals surface area contributed by atoms with Crippen LogP contribution in [0.3, 0.4) is 0 Å². The van der Waals surface area contributed by atoms with Gasteiger partial charge in [0.1, 0.15) is 11.5 Å². The molecular formula is C17H21N5O4. The van der Waals surface area contributed by atoms with Gasteiger partial charge in [0.15, 0.2) is 5.82 Å². The predicted octanol–water partition coefficient (Wildman–Crippen LogP) is 2.04. The maximum atomic E-state index is 12.7. The van der Waals surface area contributed by atoms with Gasteiger partial charge in [0.2, 0.25) is 0 Å². The third-order valence-corrected chi connectivity index (χ3v) is 3.97. The molecule has 2 aromatic heterocycles. The van der Waals surface area contributed by atoms with Crippen LogP contribution >= 0.6 is 0 Å². The average Bonchev–Trinajstić information content (AvgIpc) is 3.06. The summed E-state index contributed by atoms with van der Waals surface area (Å²) < 4.78 is 10.00. The Morgan fingerprint density at radius 2 is 1.96 bits per heavy atom. The van der Waals surface area contributed by atoms with E-state index < -0.39 is 0 Å². The highest BCUT2D eigenvalue weighted by molar-refractivity contribution is 5.93. The number of hydrogen-bond acceptors (Lipinski definition) is 7. The SMILES string of the molecule is CCOC(=O)N1CCN(C(=O)c2cc(Nc3cc(C)on3)ccn2)CC1. The third-order valence-electron chi connectivity index (χ3n) is 3.97. The summed E-state index contributed by atoms with van der Waals surface area (Å²) in [6, 6.07) is 5.18. The Labute approximate surface area is 150 Å². The lowest BCUT2D eigenvalue weighted by Gasteiger charge is -2.33. The Morgan fingerprint density at radius 1 is 1.23 bits per heavy atom. The minimum Gasteiger partial charge on any atom is -0.450 e. The summed E-state index contributed by atoms with van der Waals surface area (Å²) in [5.41, 5.74) is 1.03. The van der Waals surface area contributed by atoms with Crippen molar-refractivity contribution in [3.63, 3.8) is 0 Å². The van der Waals surface area contributed by atoms with Gasteiger partial charge in [0, 0.05) is 44.1 Å². The van der Waals surface area contributed by atoms with Crippen LogP contribution in [-0.4, -0.2) is 64.7 Å². The Hall–Kier alpha value is -3.10. The molecule has 26 heavy (non-hydrogen) atoms. The molecule has 2 amide bonds. The van der Waals surface area contributed by atoms with Gasteiger partial charge in [-0.05, 0) is 26.0 Å². The quantitative estimate of drug-likeness (QED) is 0.891. The second kappa shape index (κ2) is 7.85. The molecule has 1 N–H and O–H groups in total. The number of carbonyl (C=O) groups is 2. The zero-order valence-corrected chi connectivity index (χ0v) is 14.8.